The van der Waals surface area contributed by atoms with Gasteiger partial charge in [-0.2, -0.15) is 0 Å². The van der Waals surface area contributed by atoms with Crippen LogP contribution in [0.4, 0.5) is 5.82 Å². The van der Waals surface area contributed by atoms with Crippen LogP contribution in [0.5, 0.6) is 0 Å². The minimum atomic E-state index is 0.0600. The van der Waals surface area contributed by atoms with Gasteiger partial charge in [-0.25, -0.2) is 4.98 Å². The molecule has 0 aromatic carbocycles. The molecule has 0 unspecified atom stereocenters. The first kappa shape index (κ1) is 13.0. The zero-order valence-electron chi connectivity index (χ0n) is 11.0. The van der Waals surface area contributed by atoms with E-state index in [-0.39, 0.29) is 11.5 Å². The van der Waals surface area contributed by atoms with Crippen molar-refractivity contribution in [2.75, 3.05) is 18.5 Å². The van der Waals surface area contributed by atoms with Crippen molar-refractivity contribution in [1.82, 2.24) is 4.98 Å². The minimum Gasteiger partial charge on any atom is -0.359 e. The molecule has 0 spiro atoms. The molecule has 1 rings (SSSR count). The summed E-state index contributed by atoms with van der Waals surface area (Å²) in [5.41, 5.74) is 7.26. The maximum atomic E-state index is 5.86. The van der Waals surface area contributed by atoms with E-state index >= 15 is 0 Å². The van der Waals surface area contributed by atoms with Crippen LogP contribution in [0.2, 0.25) is 0 Å². The van der Waals surface area contributed by atoms with Crippen LogP contribution in [-0.2, 0) is 0 Å². The molecule has 0 radical (unpaired) electrons. The highest BCUT2D eigenvalue weighted by molar-refractivity contribution is 5.41. The van der Waals surface area contributed by atoms with E-state index in [1.165, 1.54) is 0 Å². The molecule has 3 heteroatoms. The monoisotopic (exact) mass is 221 g/mol. The molecule has 90 valence electrons. The second kappa shape index (κ2) is 4.83. The molecule has 1 aromatic rings. The Bertz CT molecular complexity index is 339. The Labute approximate surface area is 98.7 Å². The van der Waals surface area contributed by atoms with Crippen molar-refractivity contribution in [3.63, 3.8) is 0 Å². The van der Waals surface area contributed by atoms with Crippen LogP contribution in [0.25, 0.3) is 0 Å². The van der Waals surface area contributed by atoms with Crippen molar-refractivity contribution in [2.45, 2.75) is 33.7 Å². The van der Waals surface area contributed by atoms with Crippen LogP contribution in [-0.4, -0.2) is 18.6 Å². The molecular weight excluding hydrogens is 198 g/mol. The Kier molecular flexibility index (Phi) is 3.92. The number of hydrogen-bond acceptors (Lipinski definition) is 3. The second-order valence-electron chi connectivity index (χ2n) is 5.65. The SMILES string of the molecule is C[C@H](N)c1ccnc(N(C)CC(C)(C)C)c1. The molecule has 1 heterocycles. The molecule has 0 aliphatic rings. The fourth-order valence-electron chi connectivity index (χ4n) is 1.72. The Morgan fingerprint density at radius 3 is 2.56 bits per heavy atom. The zero-order chi connectivity index (χ0) is 12.3. The fraction of sp³-hybridized carbons (Fsp3) is 0.615. The summed E-state index contributed by atoms with van der Waals surface area (Å²) in [7, 11) is 2.07. The Hall–Kier alpha value is -1.09. The van der Waals surface area contributed by atoms with Crippen molar-refractivity contribution in [1.29, 1.82) is 0 Å². The maximum Gasteiger partial charge on any atom is 0.128 e. The lowest BCUT2D eigenvalue weighted by molar-refractivity contribution is 0.418. The number of nitrogens with zero attached hydrogens (tertiary/aromatic N) is 2. The molecular formula is C13H23N3. The third kappa shape index (κ3) is 3.81. The molecule has 2 N–H and O–H groups in total. The van der Waals surface area contributed by atoms with Crippen LogP contribution in [0.1, 0.15) is 39.3 Å². The first-order valence-corrected chi connectivity index (χ1v) is 5.72. The maximum absolute atomic E-state index is 5.86. The van der Waals surface area contributed by atoms with Gasteiger partial charge in [-0.3, -0.25) is 0 Å². The van der Waals surface area contributed by atoms with Gasteiger partial charge in [0.25, 0.3) is 0 Å². The molecule has 1 atom stereocenters. The number of nitrogens with two attached hydrogens (primary N) is 1. The standard InChI is InChI=1S/C13H23N3/c1-10(14)11-6-7-15-12(8-11)16(5)9-13(2,3)4/h6-8,10H,9,14H2,1-5H3/t10-/m0/s1. The van der Waals surface area contributed by atoms with Crippen molar-refractivity contribution in [2.24, 2.45) is 11.1 Å². The highest BCUT2D eigenvalue weighted by atomic mass is 15.2. The van der Waals surface area contributed by atoms with Gasteiger partial charge in [0.15, 0.2) is 0 Å². The van der Waals surface area contributed by atoms with Gasteiger partial charge in [-0.1, -0.05) is 20.8 Å². The lowest BCUT2D eigenvalue weighted by Gasteiger charge is -2.27. The second-order valence-corrected chi connectivity index (χ2v) is 5.65. The zero-order valence-corrected chi connectivity index (χ0v) is 11.0. The average Bonchev–Trinajstić information content (AvgIpc) is 2.15. The van der Waals surface area contributed by atoms with E-state index in [2.05, 4.69) is 43.8 Å². The molecule has 0 aliphatic carbocycles. The lowest BCUT2D eigenvalue weighted by atomic mass is 9.96. The van der Waals surface area contributed by atoms with Crippen molar-refractivity contribution >= 4 is 5.82 Å². The van der Waals surface area contributed by atoms with Crippen LogP contribution >= 0.6 is 0 Å². The Morgan fingerprint density at radius 1 is 1.44 bits per heavy atom. The summed E-state index contributed by atoms with van der Waals surface area (Å²) in [6, 6.07) is 4.10. The summed E-state index contributed by atoms with van der Waals surface area (Å²) in [4.78, 5) is 6.55. The van der Waals surface area contributed by atoms with Crippen LogP contribution < -0.4 is 10.6 Å². The number of pyridine rings is 1. The van der Waals surface area contributed by atoms with Crippen LogP contribution in [0.15, 0.2) is 18.3 Å². The Balaban J connectivity index is 2.83. The summed E-state index contributed by atoms with van der Waals surface area (Å²) < 4.78 is 0. The largest absolute Gasteiger partial charge is 0.359 e. The molecule has 0 saturated heterocycles. The van der Waals surface area contributed by atoms with E-state index < -0.39 is 0 Å². The van der Waals surface area contributed by atoms with E-state index in [1.807, 2.05) is 19.2 Å². The smallest absolute Gasteiger partial charge is 0.128 e. The molecule has 0 bridgehead atoms. The van der Waals surface area contributed by atoms with E-state index in [4.69, 9.17) is 5.73 Å². The number of rotatable bonds is 3. The Morgan fingerprint density at radius 2 is 2.06 bits per heavy atom. The van der Waals surface area contributed by atoms with Gasteiger partial charge in [0.2, 0.25) is 0 Å². The fourth-order valence-corrected chi connectivity index (χ4v) is 1.72. The molecule has 1 aromatic heterocycles. The molecule has 0 aliphatic heterocycles. The molecule has 3 nitrogen and oxygen atoms in total. The first-order chi connectivity index (χ1) is 7.29. The predicted octanol–water partition coefficient (Wildman–Crippen LogP) is 2.58. The summed E-state index contributed by atoms with van der Waals surface area (Å²) in [6.07, 6.45) is 1.83. The average molecular weight is 221 g/mol. The molecule has 0 amide bonds. The highest BCUT2D eigenvalue weighted by Crippen LogP contribution is 2.20. The van der Waals surface area contributed by atoms with Gasteiger partial charge in [0.1, 0.15) is 5.82 Å². The van der Waals surface area contributed by atoms with E-state index in [1.54, 1.807) is 0 Å². The predicted molar refractivity (Wildman–Crippen MR) is 69.6 cm³/mol. The third-order valence-corrected chi connectivity index (χ3v) is 2.40. The molecule has 16 heavy (non-hydrogen) atoms. The van der Waals surface area contributed by atoms with Gasteiger partial charge >= 0.3 is 0 Å². The number of hydrogen-bond donors (Lipinski definition) is 1. The molecule has 0 fully saturated rings. The highest BCUT2D eigenvalue weighted by Gasteiger charge is 2.15. The van der Waals surface area contributed by atoms with Crippen molar-refractivity contribution < 1.29 is 0 Å². The van der Waals surface area contributed by atoms with Gasteiger partial charge in [0.05, 0.1) is 0 Å². The van der Waals surface area contributed by atoms with E-state index in [0.717, 1.165) is 17.9 Å². The van der Waals surface area contributed by atoms with Crippen LogP contribution in [0.3, 0.4) is 0 Å². The molecule has 0 saturated carbocycles. The van der Waals surface area contributed by atoms with E-state index in [9.17, 15) is 0 Å². The quantitative estimate of drug-likeness (QED) is 0.853. The van der Waals surface area contributed by atoms with Crippen molar-refractivity contribution in [3.05, 3.63) is 23.9 Å². The van der Waals surface area contributed by atoms with Crippen LogP contribution in [0, 0.1) is 5.41 Å². The topological polar surface area (TPSA) is 42.1 Å². The third-order valence-electron chi connectivity index (χ3n) is 2.40. The summed E-state index contributed by atoms with van der Waals surface area (Å²) in [5.74, 6) is 0.990. The number of anilines is 1. The summed E-state index contributed by atoms with van der Waals surface area (Å²) >= 11 is 0. The van der Waals surface area contributed by atoms with Gasteiger partial charge < -0.3 is 10.6 Å². The summed E-state index contributed by atoms with van der Waals surface area (Å²) in [6.45, 7) is 9.63. The van der Waals surface area contributed by atoms with Gasteiger partial charge in [-0.05, 0) is 30.0 Å². The minimum absolute atomic E-state index is 0.0600. The van der Waals surface area contributed by atoms with Gasteiger partial charge in [0, 0.05) is 25.8 Å². The van der Waals surface area contributed by atoms with Gasteiger partial charge in [-0.15, -0.1) is 0 Å². The van der Waals surface area contributed by atoms with E-state index in [0.29, 0.717) is 0 Å². The van der Waals surface area contributed by atoms with Crippen molar-refractivity contribution in [3.8, 4) is 0 Å². The lowest BCUT2D eigenvalue weighted by Crippen LogP contribution is -2.29. The normalized spacial score (nSPS) is 13.6. The first-order valence-electron chi connectivity index (χ1n) is 5.72. The number of aromatic nitrogens is 1. The summed E-state index contributed by atoms with van der Waals surface area (Å²) in [5, 5.41) is 0.